The lowest BCUT2D eigenvalue weighted by Crippen LogP contribution is -2.40. The van der Waals surface area contributed by atoms with Crippen molar-refractivity contribution in [2.24, 2.45) is 5.73 Å². The van der Waals surface area contributed by atoms with Crippen LogP contribution in [0.4, 0.5) is 4.39 Å². The average molecular weight is 333 g/mol. The molecule has 5 heteroatoms. The molecule has 0 aliphatic carbocycles. The molecule has 0 bridgehead atoms. The van der Waals surface area contributed by atoms with E-state index in [9.17, 15) is 4.39 Å². The van der Waals surface area contributed by atoms with Crippen LogP contribution in [0.25, 0.3) is 0 Å². The third-order valence-electron chi connectivity index (χ3n) is 3.16. The second-order valence-corrected chi connectivity index (χ2v) is 5.60. The van der Waals surface area contributed by atoms with Crippen LogP contribution in [0.1, 0.15) is 25.5 Å². The first-order valence-corrected chi connectivity index (χ1v) is 7.20. The Labute approximate surface area is 123 Å². The Bertz CT molecular complexity index is 401. The lowest BCUT2D eigenvalue weighted by atomic mass is 10.0. The summed E-state index contributed by atoms with van der Waals surface area (Å²) in [5, 5.41) is 0. The molecule has 0 saturated heterocycles. The van der Waals surface area contributed by atoms with Crippen molar-refractivity contribution >= 4 is 15.9 Å². The summed E-state index contributed by atoms with van der Waals surface area (Å²) in [5.41, 5.74) is 6.79. The van der Waals surface area contributed by atoms with Crippen LogP contribution >= 0.6 is 15.9 Å². The number of hydrogen-bond donors (Lipinski definition) is 1. The second kappa shape index (κ2) is 7.94. The van der Waals surface area contributed by atoms with E-state index >= 15 is 0 Å². The van der Waals surface area contributed by atoms with Gasteiger partial charge < -0.3 is 10.5 Å². The summed E-state index contributed by atoms with van der Waals surface area (Å²) in [6.45, 7) is 6.03. The standard InChI is InChI=1S/C14H22BrFN2O/c1-10(2)18(6-7-19-3)14(9-17)12-8-11(16)4-5-13(12)15/h4-5,8,10,14H,6-7,9,17H2,1-3H3. The van der Waals surface area contributed by atoms with Gasteiger partial charge in [0.15, 0.2) is 0 Å². The highest BCUT2D eigenvalue weighted by Crippen LogP contribution is 2.29. The fraction of sp³-hybridized carbons (Fsp3) is 0.571. The van der Waals surface area contributed by atoms with Gasteiger partial charge in [0.25, 0.3) is 0 Å². The molecule has 0 saturated carbocycles. The van der Waals surface area contributed by atoms with Gasteiger partial charge in [0, 0.05) is 36.8 Å². The van der Waals surface area contributed by atoms with E-state index in [1.807, 2.05) is 0 Å². The fourth-order valence-electron chi connectivity index (χ4n) is 2.18. The molecular weight excluding hydrogens is 311 g/mol. The van der Waals surface area contributed by atoms with Gasteiger partial charge in [-0.05, 0) is 37.6 Å². The third kappa shape index (κ3) is 4.53. The Hall–Kier alpha value is -0.490. The van der Waals surface area contributed by atoms with E-state index in [1.54, 1.807) is 19.2 Å². The van der Waals surface area contributed by atoms with Crippen molar-refractivity contribution in [2.45, 2.75) is 25.9 Å². The molecule has 0 aliphatic rings. The number of nitrogens with zero attached hydrogens (tertiary/aromatic N) is 1. The van der Waals surface area contributed by atoms with Crippen molar-refractivity contribution in [1.82, 2.24) is 4.90 Å². The maximum absolute atomic E-state index is 13.5. The first kappa shape index (κ1) is 16.6. The van der Waals surface area contributed by atoms with Crippen LogP contribution in [0.2, 0.25) is 0 Å². The van der Waals surface area contributed by atoms with Crippen LogP contribution < -0.4 is 5.73 Å². The molecular formula is C14H22BrFN2O. The number of halogens is 2. The van der Waals surface area contributed by atoms with E-state index in [4.69, 9.17) is 10.5 Å². The Balaban J connectivity index is 3.04. The first-order valence-electron chi connectivity index (χ1n) is 6.41. The molecule has 0 fully saturated rings. The topological polar surface area (TPSA) is 38.5 Å². The highest BCUT2D eigenvalue weighted by atomic mass is 79.9. The number of benzene rings is 1. The van der Waals surface area contributed by atoms with Gasteiger partial charge in [-0.25, -0.2) is 4.39 Å². The molecule has 0 amide bonds. The highest BCUT2D eigenvalue weighted by molar-refractivity contribution is 9.10. The minimum absolute atomic E-state index is 0.0276. The molecule has 2 N–H and O–H groups in total. The SMILES string of the molecule is COCCN(C(C)C)C(CN)c1cc(F)ccc1Br. The zero-order chi connectivity index (χ0) is 14.4. The zero-order valence-electron chi connectivity index (χ0n) is 11.7. The van der Waals surface area contributed by atoms with E-state index in [0.29, 0.717) is 19.2 Å². The molecule has 0 aromatic heterocycles. The zero-order valence-corrected chi connectivity index (χ0v) is 13.3. The maximum atomic E-state index is 13.5. The Morgan fingerprint density at radius 3 is 2.63 bits per heavy atom. The van der Waals surface area contributed by atoms with Crippen LogP contribution in [0.5, 0.6) is 0 Å². The smallest absolute Gasteiger partial charge is 0.123 e. The number of ether oxygens (including phenoxy) is 1. The van der Waals surface area contributed by atoms with E-state index in [1.165, 1.54) is 6.07 Å². The molecule has 0 heterocycles. The molecule has 1 rings (SSSR count). The summed E-state index contributed by atoms with van der Waals surface area (Å²) in [5.74, 6) is -0.243. The largest absolute Gasteiger partial charge is 0.383 e. The highest BCUT2D eigenvalue weighted by Gasteiger charge is 2.23. The van der Waals surface area contributed by atoms with Crippen LogP contribution in [-0.4, -0.2) is 37.7 Å². The van der Waals surface area contributed by atoms with E-state index in [-0.39, 0.29) is 11.9 Å². The van der Waals surface area contributed by atoms with Crippen molar-refractivity contribution < 1.29 is 9.13 Å². The third-order valence-corrected chi connectivity index (χ3v) is 3.88. The van der Waals surface area contributed by atoms with Gasteiger partial charge in [0.2, 0.25) is 0 Å². The molecule has 1 aromatic rings. The second-order valence-electron chi connectivity index (χ2n) is 4.74. The van der Waals surface area contributed by atoms with Gasteiger partial charge in [0.1, 0.15) is 5.82 Å². The van der Waals surface area contributed by atoms with Gasteiger partial charge in [-0.1, -0.05) is 15.9 Å². The summed E-state index contributed by atoms with van der Waals surface area (Å²) in [6.07, 6.45) is 0. The predicted molar refractivity (Wildman–Crippen MR) is 79.6 cm³/mol. The van der Waals surface area contributed by atoms with Crippen molar-refractivity contribution in [1.29, 1.82) is 0 Å². The van der Waals surface area contributed by atoms with Crippen molar-refractivity contribution in [3.63, 3.8) is 0 Å². The van der Waals surface area contributed by atoms with Crippen LogP contribution in [0.15, 0.2) is 22.7 Å². The summed E-state index contributed by atoms with van der Waals surface area (Å²) in [6, 6.07) is 4.99. The minimum Gasteiger partial charge on any atom is -0.383 e. The number of methoxy groups -OCH3 is 1. The lowest BCUT2D eigenvalue weighted by Gasteiger charge is -2.35. The molecule has 0 spiro atoms. The Morgan fingerprint density at radius 1 is 1.42 bits per heavy atom. The quantitative estimate of drug-likeness (QED) is 0.834. The van der Waals surface area contributed by atoms with Gasteiger partial charge in [-0.15, -0.1) is 0 Å². The fourth-order valence-corrected chi connectivity index (χ4v) is 2.69. The van der Waals surface area contributed by atoms with Crippen molar-refractivity contribution in [2.75, 3.05) is 26.8 Å². The van der Waals surface area contributed by atoms with E-state index < -0.39 is 0 Å². The summed E-state index contributed by atoms with van der Waals surface area (Å²) in [4.78, 5) is 2.23. The molecule has 1 atom stereocenters. The van der Waals surface area contributed by atoms with Crippen LogP contribution in [0, 0.1) is 5.82 Å². The first-order chi connectivity index (χ1) is 9.01. The Kier molecular flexibility index (Phi) is 6.93. The molecule has 1 unspecified atom stereocenters. The molecule has 19 heavy (non-hydrogen) atoms. The molecule has 1 aromatic carbocycles. The minimum atomic E-state index is -0.243. The van der Waals surface area contributed by atoms with Crippen LogP contribution in [-0.2, 0) is 4.74 Å². The number of nitrogens with two attached hydrogens (primary N) is 1. The molecule has 0 radical (unpaired) electrons. The number of rotatable bonds is 7. The van der Waals surface area contributed by atoms with Gasteiger partial charge in [0.05, 0.1) is 6.61 Å². The van der Waals surface area contributed by atoms with Gasteiger partial charge in [-0.2, -0.15) is 0 Å². The Morgan fingerprint density at radius 2 is 2.11 bits per heavy atom. The van der Waals surface area contributed by atoms with Crippen LogP contribution in [0.3, 0.4) is 0 Å². The van der Waals surface area contributed by atoms with Gasteiger partial charge >= 0.3 is 0 Å². The summed E-state index contributed by atoms with van der Waals surface area (Å²) >= 11 is 3.48. The van der Waals surface area contributed by atoms with E-state index in [2.05, 4.69) is 34.7 Å². The monoisotopic (exact) mass is 332 g/mol. The van der Waals surface area contributed by atoms with Crippen molar-refractivity contribution in [3.8, 4) is 0 Å². The predicted octanol–water partition coefficient (Wildman–Crippen LogP) is 2.94. The molecule has 3 nitrogen and oxygen atoms in total. The summed E-state index contributed by atoms with van der Waals surface area (Å²) < 4.78 is 19.5. The average Bonchev–Trinajstić information content (AvgIpc) is 2.37. The number of hydrogen-bond acceptors (Lipinski definition) is 3. The van der Waals surface area contributed by atoms with Gasteiger partial charge in [-0.3, -0.25) is 4.90 Å². The lowest BCUT2D eigenvalue weighted by molar-refractivity contribution is 0.0976. The molecule has 108 valence electrons. The van der Waals surface area contributed by atoms with E-state index in [0.717, 1.165) is 16.6 Å². The summed E-state index contributed by atoms with van der Waals surface area (Å²) in [7, 11) is 1.67. The molecule has 0 aliphatic heterocycles. The maximum Gasteiger partial charge on any atom is 0.123 e. The van der Waals surface area contributed by atoms with Crippen molar-refractivity contribution in [3.05, 3.63) is 34.1 Å². The normalized spacial score (nSPS) is 13.3.